The van der Waals surface area contributed by atoms with E-state index in [9.17, 15) is 9.59 Å². The second kappa shape index (κ2) is 10.3. The van der Waals surface area contributed by atoms with Gasteiger partial charge < -0.3 is 15.5 Å². The fourth-order valence-electron chi connectivity index (χ4n) is 2.70. The number of hydrogen-bond acceptors (Lipinski definition) is 3. The van der Waals surface area contributed by atoms with E-state index < -0.39 is 0 Å². The molecular weight excluding hydrogens is 370 g/mol. The van der Waals surface area contributed by atoms with Gasteiger partial charge in [-0.25, -0.2) is 0 Å². The molecule has 2 rings (SSSR count). The van der Waals surface area contributed by atoms with Crippen molar-refractivity contribution in [2.75, 3.05) is 25.0 Å². The summed E-state index contributed by atoms with van der Waals surface area (Å²) in [7, 11) is 0. The molecule has 2 aromatic rings. The lowest BCUT2D eigenvalue weighted by Gasteiger charge is -2.23. The van der Waals surface area contributed by atoms with Crippen LogP contribution in [0.5, 0.6) is 0 Å². The number of quaternary nitrogens is 1. The fourth-order valence-corrected chi connectivity index (χ4v) is 3.62. The maximum absolute atomic E-state index is 12.6. The molecular formula is C22H30N3O2S+. The molecule has 0 saturated carbocycles. The van der Waals surface area contributed by atoms with Crippen LogP contribution in [0.3, 0.4) is 0 Å². The third-order valence-electron chi connectivity index (χ3n) is 3.97. The van der Waals surface area contributed by atoms with Gasteiger partial charge in [0.25, 0.3) is 11.8 Å². The molecule has 6 heteroatoms. The van der Waals surface area contributed by atoms with Crippen LogP contribution in [-0.4, -0.2) is 37.0 Å². The first-order valence-electron chi connectivity index (χ1n) is 9.53. The van der Waals surface area contributed by atoms with E-state index in [1.54, 1.807) is 11.8 Å². The molecule has 1 unspecified atom stereocenters. The molecule has 0 aromatic heterocycles. The summed E-state index contributed by atoms with van der Waals surface area (Å²) < 4.78 is 0. The van der Waals surface area contributed by atoms with E-state index in [-0.39, 0.29) is 30.4 Å². The highest BCUT2D eigenvalue weighted by Gasteiger charge is 2.20. The first-order valence-corrected chi connectivity index (χ1v) is 10.3. The highest BCUT2D eigenvalue weighted by atomic mass is 32.2. The van der Waals surface area contributed by atoms with Crippen molar-refractivity contribution in [1.82, 2.24) is 5.32 Å². The minimum absolute atomic E-state index is 0.0443. The molecule has 0 fully saturated rings. The van der Waals surface area contributed by atoms with Gasteiger partial charge in [0.2, 0.25) is 0 Å². The largest absolute Gasteiger partial charge is 0.347 e. The molecule has 5 nitrogen and oxygen atoms in total. The van der Waals surface area contributed by atoms with Crippen LogP contribution in [0.4, 0.5) is 5.69 Å². The Balaban J connectivity index is 1.97. The van der Waals surface area contributed by atoms with Gasteiger partial charge in [-0.15, -0.1) is 0 Å². The first-order chi connectivity index (χ1) is 13.3. The Hall–Kier alpha value is -2.31. The summed E-state index contributed by atoms with van der Waals surface area (Å²) >= 11 is 1.61. The van der Waals surface area contributed by atoms with Gasteiger partial charge in [-0.1, -0.05) is 42.1 Å². The van der Waals surface area contributed by atoms with Crippen molar-refractivity contribution in [2.24, 2.45) is 0 Å². The third-order valence-corrected chi connectivity index (χ3v) is 5.05. The van der Waals surface area contributed by atoms with Gasteiger partial charge in [-0.2, -0.15) is 0 Å². The van der Waals surface area contributed by atoms with E-state index in [1.165, 1.54) is 0 Å². The molecule has 0 heterocycles. The van der Waals surface area contributed by atoms with Crippen molar-refractivity contribution in [3.63, 3.8) is 0 Å². The maximum atomic E-state index is 12.6. The van der Waals surface area contributed by atoms with Crippen molar-refractivity contribution in [1.29, 1.82) is 0 Å². The lowest BCUT2D eigenvalue weighted by Crippen LogP contribution is -3.14. The zero-order valence-electron chi connectivity index (χ0n) is 17.0. The zero-order chi connectivity index (χ0) is 20.6. The first kappa shape index (κ1) is 22.0. The summed E-state index contributed by atoms with van der Waals surface area (Å²) in [6, 6.07) is 17.8. The number of nitrogens with one attached hydrogen (secondary N) is 3. The van der Waals surface area contributed by atoms with Crippen molar-refractivity contribution in [3.8, 4) is 0 Å². The molecule has 1 atom stereocenters. The summed E-state index contributed by atoms with van der Waals surface area (Å²) in [6.07, 6.45) is 0. The molecule has 150 valence electrons. The average Bonchev–Trinajstić information content (AvgIpc) is 2.62. The summed E-state index contributed by atoms with van der Waals surface area (Å²) in [4.78, 5) is 27.8. The molecule has 0 bridgehead atoms. The van der Waals surface area contributed by atoms with E-state index in [4.69, 9.17) is 0 Å². The van der Waals surface area contributed by atoms with Crippen LogP contribution < -0.4 is 15.5 Å². The molecule has 3 N–H and O–H groups in total. The highest BCUT2D eigenvalue weighted by molar-refractivity contribution is 7.99. The monoisotopic (exact) mass is 400 g/mol. The SMILES string of the molecule is CC[NH+](CC(=O)Nc1ccccc1Sc1ccccc1)CC(=O)NC(C)(C)C. The number of benzene rings is 2. The summed E-state index contributed by atoms with van der Waals surface area (Å²) in [5.41, 5.74) is 0.516. The van der Waals surface area contributed by atoms with Crippen LogP contribution in [-0.2, 0) is 9.59 Å². The number of carbonyl (C=O) groups is 2. The molecule has 2 amide bonds. The van der Waals surface area contributed by atoms with Crippen LogP contribution in [0.1, 0.15) is 27.7 Å². The van der Waals surface area contributed by atoms with E-state index >= 15 is 0 Å². The fraction of sp³-hybridized carbons (Fsp3) is 0.364. The lowest BCUT2D eigenvalue weighted by atomic mass is 10.1. The average molecular weight is 401 g/mol. The molecule has 0 aliphatic heterocycles. The number of likely N-dealkylation sites (N-methyl/N-ethyl adjacent to an activating group) is 1. The Labute approximate surface area is 171 Å². The van der Waals surface area contributed by atoms with Crippen LogP contribution in [0.25, 0.3) is 0 Å². The van der Waals surface area contributed by atoms with Crippen molar-refractivity contribution >= 4 is 29.3 Å². The zero-order valence-corrected chi connectivity index (χ0v) is 17.9. The quantitative estimate of drug-likeness (QED) is 0.638. The van der Waals surface area contributed by atoms with Gasteiger partial charge in [-0.3, -0.25) is 9.59 Å². The minimum atomic E-state index is -0.272. The van der Waals surface area contributed by atoms with Crippen LogP contribution >= 0.6 is 11.8 Å². The number of hydrogen-bond donors (Lipinski definition) is 3. The smallest absolute Gasteiger partial charge is 0.279 e. The molecule has 0 radical (unpaired) electrons. The summed E-state index contributed by atoms with van der Waals surface area (Å²) in [5, 5.41) is 5.95. The number of anilines is 1. The summed E-state index contributed by atoms with van der Waals surface area (Å²) in [6.45, 7) is 9.05. The molecule has 0 spiro atoms. The minimum Gasteiger partial charge on any atom is -0.347 e. The molecule has 2 aromatic carbocycles. The predicted octanol–water partition coefficient (Wildman–Crippen LogP) is 2.60. The van der Waals surface area contributed by atoms with Gasteiger partial charge in [-0.05, 0) is 52.0 Å². The van der Waals surface area contributed by atoms with Crippen molar-refractivity contribution in [3.05, 3.63) is 54.6 Å². The van der Waals surface area contributed by atoms with Crippen LogP contribution in [0.15, 0.2) is 64.4 Å². The molecule has 0 saturated heterocycles. The standard InChI is InChI=1S/C22H29N3O2S/c1-5-25(16-21(27)24-22(2,3)4)15-20(26)23-18-13-9-10-14-19(18)28-17-11-7-6-8-12-17/h6-14H,5,15-16H2,1-4H3,(H,23,26)(H,24,27)/p+1. The number of para-hydroxylation sites is 1. The van der Waals surface area contributed by atoms with Gasteiger partial charge in [0, 0.05) is 15.3 Å². The topological polar surface area (TPSA) is 62.6 Å². The Morgan fingerprint density at radius 2 is 1.54 bits per heavy atom. The Morgan fingerprint density at radius 1 is 0.929 bits per heavy atom. The molecule has 28 heavy (non-hydrogen) atoms. The Morgan fingerprint density at radius 3 is 2.18 bits per heavy atom. The van der Waals surface area contributed by atoms with Gasteiger partial charge in [0.15, 0.2) is 13.1 Å². The predicted molar refractivity (Wildman–Crippen MR) is 115 cm³/mol. The molecule has 0 aliphatic carbocycles. The normalized spacial score (nSPS) is 12.3. The van der Waals surface area contributed by atoms with Crippen LogP contribution in [0.2, 0.25) is 0 Å². The second-order valence-electron chi connectivity index (χ2n) is 7.71. The van der Waals surface area contributed by atoms with Crippen molar-refractivity contribution < 1.29 is 14.5 Å². The lowest BCUT2D eigenvalue weighted by molar-refractivity contribution is -0.881. The van der Waals surface area contributed by atoms with Gasteiger partial charge in [0.05, 0.1) is 12.2 Å². The van der Waals surface area contributed by atoms with E-state index in [2.05, 4.69) is 10.6 Å². The maximum Gasteiger partial charge on any atom is 0.279 e. The molecule has 0 aliphatic rings. The summed E-state index contributed by atoms with van der Waals surface area (Å²) in [5.74, 6) is -0.140. The van der Waals surface area contributed by atoms with E-state index in [0.29, 0.717) is 6.54 Å². The third kappa shape index (κ3) is 7.74. The number of amides is 2. The Kier molecular flexibility index (Phi) is 8.08. The Bertz CT molecular complexity index is 788. The number of rotatable bonds is 8. The van der Waals surface area contributed by atoms with Gasteiger partial charge >= 0.3 is 0 Å². The number of carbonyl (C=O) groups excluding carboxylic acids is 2. The second-order valence-corrected chi connectivity index (χ2v) is 8.83. The van der Waals surface area contributed by atoms with E-state index in [1.807, 2.05) is 82.3 Å². The van der Waals surface area contributed by atoms with E-state index in [0.717, 1.165) is 20.4 Å². The highest BCUT2D eigenvalue weighted by Crippen LogP contribution is 2.32. The van der Waals surface area contributed by atoms with Gasteiger partial charge in [0.1, 0.15) is 0 Å². The van der Waals surface area contributed by atoms with Crippen LogP contribution in [0, 0.1) is 0 Å². The van der Waals surface area contributed by atoms with Crippen molar-refractivity contribution in [2.45, 2.75) is 43.0 Å².